The van der Waals surface area contributed by atoms with E-state index in [0.29, 0.717) is 19.5 Å². The molecule has 0 aliphatic heterocycles. The molecule has 1 rings (SSSR count). The number of hydrogen-bond donors (Lipinski definition) is 1. The van der Waals surface area contributed by atoms with Gasteiger partial charge in [-0.2, -0.15) is 0 Å². The molecule has 1 heterocycles. The van der Waals surface area contributed by atoms with E-state index in [2.05, 4.69) is 15.0 Å². The highest BCUT2D eigenvalue weighted by molar-refractivity contribution is 5.88. The second-order valence-corrected chi connectivity index (χ2v) is 2.74. The highest BCUT2D eigenvalue weighted by atomic mass is 16.5. The molecule has 0 unspecified atom stereocenters. The largest absolute Gasteiger partial charge is 0.464 e. The third-order valence-corrected chi connectivity index (χ3v) is 1.89. The van der Waals surface area contributed by atoms with Crippen LogP contribution < -0.4 is 5.73 Å². The fraction of sp³-hybridized carbons (Fsp3) is 0.625. The van der Waals surface area contributed by atoms with Gasteiger partial charge in [0.25, 0.3) is 0 Å². The van der Waals surface area contributed by atoms with Crippen molar-refractivity contribution >= 4 is 5.97 Å². The van der Waals surface area contributed by atoms with E-state index in [1.807, 2.05) is 6.92 Å². The summed E-state index contributed by atoms with van der Waals surface area (Å²) in [5, 5.41) is 7.59. The number of hydrogen-bond acceptors (Lipinski definition) is 5. The molecule has 0 aliphatic carbocycles. The quantitative estimate of drug-likeness (QED) is 0.665. The monoisotopic (exact) mass is 198 g/mol. The number of esters is 1. The SMILES string of the molecule is CCc1c(C(=O)OC)nnn1CCN. The van der Waals surface area contributed by atoms with Crippen LogP contribution >= 0.6 is 0 Å². The highest BCUT2D eigenvalue weighted by Crippen LogP contribution is 2.07. The van der Waals surface area contributed by atoms with Gasteiger partial charge in [0.15, 0.2) is 5.69 Å². The molecule has 6 nitrogen and oxygen atoms in total. The minimum atomic E-state index is -0.454. The fourth-order valence-corrected chi connectivity index (χ4v) is 1.24. The third kappa shape index (κ3) is 1.90. The third-order valence-electron chi connectivity index (χ3n) is 1.89. The van der Waals surface area contributed by atoms with Gasteiger partial charge in [-0.1, -0.05) is 12.1 Å². The molecule has 0 bridgehead atoms. The van der Waals surface area contributed by atoms with Crippen LogP contribution in [0.3, 0.4) is 0 Å². The Labute approximate surface area is 82.0 Å². The summed E-state index contributed by atoms with van der Waals surface area (Å²) in [4.78, 5) is 11.2. The lowest BCUT2D eigenvalue weighted by Gasteiger charge is -2.02. The van der Waals surface area contributed by atoms with E-state index in [-0.39, 0.29) is 5.69 Å². The van der Waals surface area contributed by atoms with Gasteiger partial charge in [-0.05, 0) is 6.42 Å². The summed E-state index contributed by atoms with van der Waals surface area (Å²) < 4.78 is 6.22. The molecule has 0 saturated carbocycles. The zero-order valence-electron chi connectivity index (χ0n) is 8.36. The molecule has 1 aromatic heterocycles. The van der Waals surface area contributed by atoms with Crippen molar-refractivity contribution in [3.63, 3.8) is 0 Å². The number of carbonyl (C=O) groups excluding carboxylic acids is 1. The molecule has 1 aromatic rings. The molecular formula is C8H14N4O2. The van der Waals surface area contributed by atoms with Crippen molar-refractivity contribution in [1.29, 1.82) is 0 Å². The van der Waals surface area contributed by atoms with E-state index in [9.17, 15) is 4.79 Å². The van der Waals surface area contributed by atoms with Gasteiger partial charge < -0.3 is 10.5 Å². The number of aromatic nitrogens is 3. The van der Waals surface area contributed by atoms with Gasteiger partial charge in [0, 0.05) is 6.54 Å². The lowest BCUT2D eigenvalue weighted by atomic mass is 10.2. The van der Waals surface area contributed by atoms with Crippen LogP contribution in [-0.2, 0) is 17.7 Å². The van der Waals surface area contributed by atoms with Gasteiger partial charge in [-0.15, -0.1) is 5.10 Å². The molecule has 0 fully saturated rings. The number of ether oxygens (including phenoxy) is 1. The number of methoxy groups -OCH3 is 1. The highest BCUT2D eigenvalue weighted by Gasteiger charge is 2.18. The molecule has 78 valence electrons. The maximum Gasteiger partial charge on any atom is 0.360 e. The minimum absolute atomic E-state index is 0.281. The summed E-state index contributed by atoms with van der Waals surface area (Å²) in [5.74, 6) is -0.454. The smallest absolute Gasteiger partial charge is 0.360 e. The van der Waals surface area contributed by atoms with E-state index < -0.39 is 5.97 Å². The van der Waals surface area contributed by atoms with Gasteiger partial charge in [0.05, 0.1) is 19.3 Å². The van der Waals surface area contributed by atoms with E-state index in [1.165, 1.54) is 7.11 Å². The average Bonchev–Trinajstić information content (AvgIpc) is 2.60. The first-order valence-electron chi connectivity index (χ1n) is 4.45. The molecular weight excluding hydrogens is 184 g/mol. The molecule has 0 atom stereocenters. The van der Waals surface area contributed by atoms with E-state index in [0.717, 1.165) is 5.69 Å². The standard InChI is InChI=1S/C8H14N4O2/c1-3-6-7(8(13)14-2)10-11-12(6)5-4-9/h3-5,9H2,1-2H3. The lowest BCUT2D eigenvalue weighted by molar-refractivity contribution is 0.0592. The molecule has 0 amide bonds. The summed E-state index contributed by atoms with van der Waals surface area (Å²) in [6.07, 6.45) is 0.678. The van der Waals surface area contributed by atoms with Crippen LogP contribution in [0.25, 0.3) is 0 Å². The Hall–Kier alpha value is -1.43. The zero-order valence-corrected chi connectivity index (χ0v) is 8.36. The first-order chi connectivity index (χ1) is 6.74. The second kappa shape index (κ2) is 4.71. The van der Waals surface area contributed by atoms with E-state index >= 15 is 0 Å². The fourth-order valence-electron chi connectivity index (χ4n) is 1.24. The Morgan fingerprint density at radius 3 is 2.86 bits per heavy atom. The summed E-state index contributed by atoms with van der Waals surface area (Å²) in [5.41, 5.74) is 6.44. The molecule has 14 heavy (non-hydrogen) atoms. The Bertz CT molecular complexity index is 321. The Kier molecular flexibility index (Phi) is 3.58. The summed E-state index contributed by atoms with van der Waals surface area (Å²) in [6, 6.07) is 0. The van der Waals surface area contributed by atoms with Crippen molar-refractivity contribution in [3.05, 3.63) is 11.4 Å². The van der Waals surface area contributed by atoms with Crippen molar-refractivity contribution in [3.8, 4) is 0 Å². The van der Waals surface area contributed by atoms with Crippen molar-refractivity contribution in [2.45, 2.75) is 19.9 Å². The molecule has 2 N–H and O–H groups in total. The van der Waals surface area contributed by atoms with Gasteiger partial charge in [-0.25, -0.2) is 9.48 Å². The predicted molar refractivity (Wildman–Crippen MR) is 49.8 cm³/mol. The van der Waals surface area contributed by atoms with E-state index in [4.69, 9.17) is 5.73 Å². The summed E-state index contributed by atoms with van der Waals surface area (Å²) in [7, 11) is 1.32. The summed E-state index contributed by atoms with van der Waals surface area (Å²) in [6.45, 7) is 2.96. The maximum absolute atomic E-state index is 11.2. The second-order valence-electron chi connectivity index (χ2n) is 2.74. The van der Waals surface area contributed by atoms with Crippen LogP contribution in [0.1, 0.15) is 23.1 Å². The van der Waals surface area contributed by atoms with Crippen LogP contribution in [0.5, 0.6) is 0 Å². The van der Waals surface area contributed by atoms with Crippen LogP contribution in [0, 0.1) is 0 Å². The predicted octanol–water partition coefficient (Wildman–Crippen LogP) is -0.414. The van der Waals surface area contributed by atoms with Gasteiger partial charge in [-0.3, -0.25) is 0 Å². The number of nitrogens with zero attached hydrogens (tertiary/aromatic N) is 3. The van der Waals surface area contributed by atoms with Crippen molar-refractivity contribution < 1.29 is 9.53 Å². The molecule has 6 heteroatoms. The van der Waals surface area contributed by atoms with Crippen molar-refractivity contribution in [2.24, 2.45) is 5.73 Å². The molecule has 0 spiro atoms. The van der Waals surface area contributed by atoms with E-state index in [1.54, 1.807) is 4.68 Å². The number of nitrogens with two attached hydrogens (primary N) is 1. The molecule has 0 radical (unpaired) electrons. The van der Waals surface area contributed by atoms with Crippen LogP contribution in [-0.4, -0.2) is 34.6 Å². The Morgan fingerprint density at radius 2 is 2.36 bits per heavy atom. The Balaban J connectivity index is 3.00. The average molecular weight is 198 g/mol. The number of carbonyl (C=O) groups is 1. The van der Waals surface area contributed by atoms with Gasteiger partial charge >= 0.3 is 5.97 Å². The Morgan fingerprint density at radius 1 is 1.64 bits per heavy atom. The minimum Gasteiger partial charge on any atom is -0.464 e. The topological polar surface area (TPSA) is 83.0 Å². The normalized spacial score (nSPS) is 10.2. The van der Waals surface area contributed by atoms with Crippen molar-refractivity contribution in [2.75, 3.05) is 13.7 Å². The zero-order chi connectivity index (χ0) is 10.6. The molecule has 0 saturated heterocycles. The van der Waals surface area contributed by atoms with Gasteiger partial charge in [0.2, 0.25) is 0 Å². The molecule has 0 aromatic carbocycles. The van der Waals surface area contributed by atoms with Crippen LogP contribution in [0.2, 0.25) is 0 Å². The first-order valence-corrected chi connectivity index (χ1v) is 4.45. The molecule has 0 aliphatic rings. The van der Waals surface area contributed by atoms with Crippen LogP contribution in [0.15, 0.2) is 0 Å². The number of rotatable bonds is 4. The van der Waals surface area contributed by atoms with Gasteiger partial charge in [0.1, 0.15) is 0 Å². The first kappa shape index (κ1) is 10.6. The lowest BCUT2D eigenvalue weighted by Crippen LogP contribution is -2.14. The summed E-state index contributed by atoms with van der Waals surface area (Å²) >= 11 is 0. The maximum atomic E-state index is 11.2. The van der Waals surface area contributed by atoms with Crippen LogP contribution in [0.4, 0.5) is 0 Å². The van der Waals surface area contributed by atoms with Crippen molar-refractivity contribution in [1.82, 2.24) is 15.0 Å².